The average molecular weight is 296 g/mol. The zero-order chi connectivity index (χ0) is 14.7. The Morgan fingerprint density at radius 3 is 2.76 bits per heavy atom. The Morgan fingerprint density at radius 1 is 1.14 bits per heavy atom. The number of hydrogen-bond donors (Lipinski definition) is 2. The van der Waals surface area contributed by atoms with Crippen molar-refractivity contribution in [3.05, 3.63) is 60.4 Å². The first kappa shape index (κ1) is 13.6. The molecule has 0 amide bonds. The van der Waals surface area contributed by atoms with Crippen LogP contribution in [0.25, 0.3) is 10.8 Å². The van der Waals surface area contributed by atoms with E-state index >= 15 is 0 Å². The maximum atomic E-state index is 5.36. The summed E-state index contributed by atoms with van der Waals surface area (Å²) in [7, 11) is 1.91. The zero-order valence-electron chi connectivity index (χ0n) is 11.7. The maximum Gasteiger partial charge on any atom is 0.171 e. The lowest BCUT2D eigenvalue weighted by molar-refractivity contribution is 0.695. The highest BCUT2D eigenvalue weighted by atomic mass is 32.1. The fraction of sp³-hybridized carbons (Fsp3) is 0.125. The van der Waals surface area contributed by atoms with E-state index in [4.69, 9.17) is 12.2 Å². The summed E-state index contributed by atoms with van der Waals surface area (Å²) >= 11 is 5.36. The van der Waals surface area contributed by atoms with Crippen molar-refractivity contribution in [3.63, 3.8) is 0 Å². The molecule has 0 saturated heterocycles. The van der Waals surface area contributed by atoms with E-state index in [0.29, 0.717) is 11.7 Å². The van der Waals surface area contributed by atoms with Gasteiger partial charge >= 0.3 is 0 Å². The zero-order valence-corrected chi connectivity index (χ0v) is 12.5. The standard InChI is InChI=1S/C16H16N4S/c1-20-13(9-10-18-20)11-17-16(21)19-15-8-4-6-12-5-2-3-7-14(12)15/h2-10H,11H2,1H3,(H2,17,19,21). The topological polar surface area (TPSA) is 41.9 Å². The summed E-state index contributed by atoms with van der Waals surface area (Å²) in [5.41, 5.74) is 2.09. The van der Waals surface area contributed by atoms with E-state index in [9.17, 15) is 0 Å². The summed E-state index contributed by atoms with van der Waals surface area (Å²) in [6, 6.07) is 16.3. The van der Waals surface area contributed by atoms with Crippen LogP contribution in [-0.2, 0) is 13.6 Å². The van der Waals surface area contributed by atoms with Crippen LogP contribution in [0, 0.1) is 0 Å². The molecule has 4 nitrogen and oxygen atoms in total. The summed E-state index contributed by atoms with van der Waals surface area (Å²) in [6.07, 6.45) is 1.78. The van der Waals surface area contributed by atoms with Gasteiger partial charge in [0.05, 0.1) is 12.2 Å². The van der Waals surface area contributed by atoms with Crippen molar-refractivity contribution in [2.45, 2.75) is 6.54 Å². The third kappa shape index (κ3) is 3.03. The molecule has 2 aromatic carbocycles. The minimum atomic E-state index is 0.604. The quantitative estimate of drug-likeness (QED) is 0.729. The van der Waals surface area contributed by atoms with Gasteiger partial charge in [-0.2, -0.15) is 5.10 Å². The SMILES string of the molecule is Cn1nccc1CNC(=S)Nc1cccc2ccccc12. The lowest BCUT2D eigenvalue weighted by Gasteiger charge is -2.12. The van der Waals surface area contributed by atoms with E-state index in [-0.39, 0.29) is 0 Å². The number of nitrogens with one attached hydrogen (secondary N) is 2. The van der Waals surface area contributed by atoms with Gasteiger partial charge in [0.25, 0.3) is 0 Å². The Labute approximate surface area is 128 Å². The van der Waals surface area contributed by atoms with Crippen LogP contribution in [0.5, 0.6) is 0 Å². The van der Waals surface area contributed by atoms with Gasteiger partial charge in [0.1, 0.15) is 0 Å². The number of thiocarbonyl (C=S) groups is 1. The molecule has 0 saturated carbocycles. The largest absolute Gasteiger partial charge is 0.357 e. The molecule has 0 radical (unpaired) electrons. The second-order valence-corrected chi connectivity index (χ2v) is 5.19. The van der Waals surface area contributed by atoms with Gasteiger partial charge in [0, 0.05) is 24.3 Å². The molecular formula is C16H16N4S. The third-order valence-corrected chi connectivity index (χ3v) is 3.64. The summed E-state index contributed by atoms with van der Waals surface area (Å²) in [5.74, 6) is 0. The normalized spacial score (nSPS) is 10.5. The Bertz CT molecular complexity index is 773. The Morgan fingerprint density at radius 2 is 1.95 bits per heavy atom. The molecular weight excluding hydrogens is 280 g/mol. The van der Waals surface area contributed by atoms with Gasteiger partial charge in [-0.05, 0) is 29.7 Å². The molecule has 21 heavy (non-hydrogen) atoms. The van der Waals surface area contributed by atoms with E-state index in [0.717, 1.165) is 16.8 Å². The van der Waals surface area contributed by atoms with Crippen molar-refractivity contribution in [3.8, 4) is 0 Å². The monoisotopic (exact) mass is 296 g/mol. The van der Waals surface area contributed by atoms with Gasteiger partial charge in [-0.25, -0.2) is 0 Å². The number of aryl methyl sites for hydroxylation is 1. The van der Waals surface area contributed by atoms with Crippen LogP contribution in [0.1, 0.15) is 5.69 Å². The number of nitrogens with zero attached hydrogens (tertiary/aromatic N) is 2. The first-order valence-electron chi connectivity index (χ1n) is 6.73. The van der Waals surface area contributed by atoms with Crippen molar-refractivity contribution in [1.82, 2.24) is 15.1 Å². The number of aromatic nitrogens is 2. The van der Waals surface area contributed by atoms with Crippen LogP contribution in [-0.4, -0.2) is 14.9 Å². The van der Waals surface area contributed by atoms with Gasteiger partial charge < -0.3 is 10.6 Å². The van der Waals surface area contributed by atoms with Gasteiger partial charge in [0.15, 0.2) is 5.11 Å². The van der Waals surface area contributed by atoms with E-state index in [1.54, 1.807) is 6.20 Å². The molecule has 0 atom stereocenters. The van der Waals surface area contributed by atoms with Gasteiger partial charge in [-0.15, -0.1) is 0 Å². The molecule has 0 aliphatic carbocycles. The van der Waals surface area contributed by atoms with Crippen LogP contribution in [0.3, 0.4) is 0 Å². The van der Waals surface area contributed by atoms with E-state index in [1.807, 2.05) is 42.1 Å². The van der Waals surface area contributed by atoms with Crippen LogP contribution >= 0.6 is 12.2 Å². The maximum absolute atomic E-state index is 5.36. The minimum absolute atomic E-state index is 0.604. The Hall–Kier alpha value is -2.40. The van der Waals surface area contributed by atoms with Crippen molar-refractivity contribution in [1.29, 1.82) is 0 Å². The van der Waals surface area contributed by atoms with Gasteiger partial charge in [-0.1, -0.05) is 36.4 Å². The van der Waals surface area contributed by atoms with Crippen molar-refractivity contribution < 1.29 is 0 Å². The van der Waals surface area contributed by atoms with E-state index in [1.165, 1.54) is 5.39 Å². The van der Waals surface area contributed by atoms with Crippen molar-refractivity contribution in [2.24, 2.45) is 7.05 Å². The van der Waals surface area contributed by atoms with Crippen molar-refractivity contribution in [2.75, 3.05) is 5.32 Å². The van der Waals surface area contributed by atoms with Crippen LogP contribution in [0.2, 0.25) is 0 Å². The molecule has 3 rings (SSSR count). The summed E-state index contributed by atoms with van der Waals surface area (Å²) in [4.78, 5) is 0. The Balaban J connectivity index is 1.70. The third-order valence-electron chi connectivity index (χ3n) is 3.39. The fourth-order valence-electron chi connectivity index (χ4n) is 2.25. The Kier molecular flexibility index (Phi) is 3.83. The van der Waals surface area contributed by atoms with Gasteiger partial charge in [0.2, 0.25) is 0 Å². The average Bonchev–Trinajstić information content (AvgIpc) is 2.91. The first-order chi connectivity index (χ1) is 10.2. The first-order valence-corrected chi connectivity index (χ1v) is 7.14. The molecule has 0 spiro atoms. The summed E-state index contributed by atoms with van der Waals surface area (Å²) in [6.45, 7) is 0.646. The molecule has 5 heteroatoms. The van der Waals surface area contributed by atoms with Crippen LogP contribution in [0.15, 0.2) is 54.7 Å². The highest BCUT2D eigenvalue weighted by molar-refractivity contribution is 7.80. The number of benzene rings is 2. The van der Waals surface area contributed by atoms with Crippen molar-refractivity contribution >= 4 is 33.8 Å². The molecule has 2 N–H and O–H groups in total. The molecule has 0 bridgehead atoms. The smallest absolute Gasteiger partial charge is 0.171 e. The molecule has 1 heterocycles. The van der Waals surface area contributed by atoms with Gasteiger partial charge in [-0.3, -0.25) is 4.68 Å². The molecule has 1 aromatic heterocycles. The number of hydrogen-bond acceptors (Lipinski definition) is 2. The molecule has 3 aromatic rings. The van der Waals surface area contributed by atoms with Crippen LogP contribution in [0.4, 0.5) is 5.69 Å². The second-order valence-electron chi connectivity index (χ2n) is 4.78. The molecule has 0 aliphatic rings. The molecule has 0 unspecified atom stereocenters. The minimum Gasteiger partial charge on any atom is -0.357 e. The fourth-order valence-corrected chi connectivity index (χ4v) is 2.43. The van der Waals surface area contributed by atoms with E-state index < -0.39 is 0 Å². The van der Waals surface area contributed by atoms with E-state index in [2.05, 4.69) is 33.9 Å². The summed E-state index contributed by atoms with van der Waals surface area (Å²) < 4.78 is 1.83. The number of rotatable bonds is 3. The molecule has 0 fully saturated rings. The lowest BCUT2D eigenvalue weighted by atomic mass is 10.1. The summed E-state index contributed by atoms with van der Waals surface area (Å²) in [5, 5.41) is 13.5. The molecule has 106 valence electrons. The van der Waals surface area contributed by atoms with Crippen LogP contribution < -0.4 is 10.6 Å². The number of fused-ring (bicyclic) bond motifs is 1. The lowest BCUT2D eigenvalue weighted by Crippen LogP contribution is -2.28. The predicted octanol–water partition coefficient (Wildman–Crippen LogP) is 3.06. The number of anilines is 1. The second kappa shape index (κ2) is 5.93. The molecule has 0 aliphatic heterocycles. The highest BCUT2D eigenvalue weighted by Crippen LogP contribution is 2.22. The predicted molar refractivity (Wildman–Crippen MR) is 90.2 cm³/mol. The highest BCUT2D eigenvalue weighted by Gasteiger charge is 2.03.